The molecule has 4 aliphatic carbocycles. The summed E-state index contributed by atoms with van der Waals surface area (Å²) in [5.41, 5.74) is 1.51. The van der Waals surface area contributed by atoms with Gasteiger partial charge in [-0.1, -0.05) is 6.07 Å². The number of thioether (sulfide) groups is 1. The number of hydrogen-bond donors (Lipinski definition) is 2. The monoisotopic (exact) mass is 571 g/mol. The summed E-state index contributed by atoms with van der Waals surface area (Å²) in [6.07, 6.45) is 10.5. The highest BCUT2D eigenvalue weighted by molar-refractivity contribution is 7.99. The van der Waals surface area contributed by atoms with Gasteiger partial charge in [-0.3, -0.25) is 24.5 Å². The molecule has 0 radical (unpaired) electrons. The number of halogens is 1. The fourth-order valence-electron chi connectivity index (χ4n) is 8.24. The van der Waals surface area contributed by atoms with Crippen LogP contribution in [-0.2, 0) is 20.9 Å². The van der Waals surface area contributed by atoms with Crippen LogP contribution in [-0.4, -0.2) is 52.2 Å². The summed E-state index contributed by atoms with van der Waals surface area (Å²) in [6, 6.07) is 5.15. The minimum Gasteiger partial charge on any atom is -0.356 e. The lowest BCUT2D eigenvalue weighted by atomic mass is 9.49. The van der Waals surface area contributed by atoms with E-state index in [9.17, 15) is 19.2 Å². The van der Waals surface area contributed by atoms with Crippen molar-refractivity contribution in [3.63, 3.8) is 0 Å². The van der Waals surface area contributed by atoms with Gasteiger partial charge in [-0.15, -0.1) is 23.4 Å². The minimum absolute atomic E-state index is 0.0216. The zero-order chi connectivity index (χ0) is 27.1. The lowest BCUT2D eigenvalue weighted by Crippen LogP contribution is -2.53. The summed E-state index contributed by atoms with van der Waals surface area (Å²) in [5.74, 6) is 2.66. The van der Waals surface area contributed by atoms with Crippen LogP contribution >= 0.6 is 23.4 Å². The Labute approximate surface area is 239 Å². The number of carbonyl (C=O) groups is 4. The van der Waals surface area contributed by atoms with Crippen molar-refractivity contribution in [2.45, 2.75) is 93.5 Å². The highest BCUT2D eigenvalue weighted by atomic mass is 35.5. The second kappa shape index (κ2) is 11.1. The van der Waals surface area contributed by atoms with Crippen molar-refractivity contribution in [2.75, 3.05) is 12.3 Å². The van der Waals surface area contributed by atoms with Gasteiger partial charge in [-0.05, 0) is 105 Å². The van der Waals surface area contributed by atoms with Crippen LogP contribution < -0.4 is 10.6 Å². The lowest BCUT2D eigenvalue weighted by Gasteiger charge is -2.55. The predicted molar refractivity (Wildman–Crippen MR) is 150 cm³/mol. The minimum atomic E-state index is -0.596. The molecule has 4 saturated carbocycles. The summed E-state index contributed by atoms with van der Waals surface area (Å²) < 4.78 is 0. The number of imide groups is 1. The third kappa shape index (κ3) is 5.48. The molecule has 2 aliphatic heterocycles. The molecule has 2 atom stereocenters. The first-order valence-corrected chi connectivity index (χ1v) is 16.1. The molecule has 1 saturated heterocycles. The number of alkyl halides is 1. The van der Waals surface area contributed by atoms with Gasteiger partial charge in [0.05, 0.1) is 0 Å². The third-order valence-corrected chi connectivity index (χ3v) is 11.3. The van der Waals surface area contributed by atoms with Crippen LogP contribution in [0.25, 0.3) is 0 Å². The predicted octanol–water partition coefficient (Wildman–Crippen LogP) is 4.65. The van der Waals surface area contributed by atoms with E-state index in [-0.39, 0.29) is 40.8 Å². The normalized spacial score (nSPS) is 31.8. The van der Waals surface area contributed by atoms with E-state index in [1.165, 1.54) is 19.3 Å². The van der Waals surface area contributed by atoms with Crippen molar-refractivity contribution >= 4 is 47.0 Å². The number of rotatable bonds is 10. The van der Waals surface area contributed by atoms with Crippen molar-refractivity contribution in [1.29, 1.82) is 0 Å². The van der Waals surface area contributed by atoms with Gasteiger partial charge in [0, 0.05) is 40.8 Å². The maximum atomic E-state index is 13.1. The molecule has 0 spiro atoms. The van der Waals surface area contributed by atoms with E-state index in [1.54, 1.807) is 16.7 Å². The number of hydrogen-bond acceptors (Lipinski definition) is 5. The first-order valence-electron chi connectivity index (χ1n) is 14.6. The molecule has 0 aromatic heterocycles. The molecule has 9 heteroatoms. The molecule has 4 bridgehead atoms. The van der Waals surface area contributed by atoms with Crippen LogP contribution in [0.5, 0.6) is 0 Å². The molecule has 7 nitrogen and oxygen atoms in total. The van der Waals surface area contributed by atoms with Crippen LogP contribution in [0.4, 0.5) is 0 Å². The highest BCUT2D eigenvalue weighted by Crippen LogP contribution is 2.60. The maximum Gasteiger partial charge on any atom is 0.255 e. The molecular formula is C30H38ClN3O4S. The number of benzene rings is 1. The van der Waals surface area contributed by atoms with E-state index in [0.717, 1.165) is 72.5 Å². The quantitative estimate of drug-likeness (QED) is 0.184. The first kappa shape index (κ1) is 27.1. The Morgan fingerprint density at radius 1 is 1.10 bits per heavy atom. The second-order valence-corrected chi connectivity index (χ2v) is 14.3. The van der Waals surface area contributed by atoms with Crippen LogP contribution in [0.1, 0.15) is 86.6 Å². The van der Waals surface area contributed by atoms with Gasteiger partial charge in [-0.2, -0.15) is 0 Å². The van der Waals surface area contributed by atoms with Gasteiger partial charge in [0.2, 0.25) is 17.7 Å². The van der Waals surface area contributed by atoms with E-state index >= 15 is 0 Å². The van der Waals surface area contributed by atoms with Crippen molar-refractivity contribution in [3.05, 3.63) is 29.3 Å². The largest absolute Gasteiger partial charge is 0.356 e. The molecule has 2 N–H and O–H groups in total. The standard InChI is InChI=1S/C30H38ClN3O4S/c31-21(8-9-32-29(38)30-14-18-11-19(15-30)13-20(12-18)16-30)3-2-10-39-25-5-1-4-22-23(25)17-34(28(22)37)24-6-7-26(35)33-27(24)36/h1,4-5,18-21,24H,2-3,6-17H2,(H,32,38)(H,33,35,36). The number of piperidine rings is 1. The number of carbonyl (C=O) groups excluding carboxylic acids is 4. The Balaban J connectivity index is 0.935. The van der Waals surface area contributed by atoms with E-state index in [2.05, 4.69) is 10.6 Å². The van der Waals surface area contributed by atoms with Crippen LogP contribution in [0, 0.1) is 23.2 Å². The maximum absolute atomic E-state index is 13.1. The average Bonchev–Trinajstić information content (AvgIpc) is 3.22. The Hall–Kier alpha value is -2.06. The lowest BCUT2D eigenvalue weighted by molar-refractivity contribution is -0.146. The number of nitrogens with zero attached hydrogens (tertiary/aromatic N) is 1. The molecule has 5 fully saturated rings. The van der Waals surface area contributed by atoms with Crippen molar-refractivity contribution in [1.82, 2.24) is 15.5 Å². The molecule has 4 amide bonds. The fourth-order valence-corrected chi connectivity index (χ4v) is 9.56. The Kier molecular flexibility index (Phi) is 7.70. The van der Waals surface area contributed by atoms with Gasteiger partial charge in [0.25, 0.3) is 5.91 Å². The van der Waals surface area contributed by atoms with E-state index in [4.69, 9.17) is 11.6 Å². The summed E-state index contributed by atoms with van der Waals surface area (Å²) in [5, 5.41) is 5.62. The van der Waals surface area contributed by atoms with Crippen LogP contribution in [0.2, 0.25) is 0 Å². The Bertz CT molecular complexity index is 1140. The highest BCUT2D eigenvalue weighted by Gasteiger charge is 2.54. The summed E-state index contributed by atoms with van der Waals surface area (Å²) in [6.45, 7) is 1.04. The summed E-state index contributed by atoms with van der Waals surface area (Å²) in [4.78, 5) is 52.7. The molecule has 39 heavy (non-hydrogen) atoms. The van der Waals surface area contributed by atoms with E-state index < -0.39 is 6.04 Å². The zero-order valence-corrected chi connectivity index (χ0v) is 24.0. The SMILES string of the molecule is O=C1CCC(N2Cc3c(SCCCC(Cl)CCNC(=O)C45CC6CC(CC(C6)C4)C5)cccc3C2=O)C(=O)N1. The van der Waals surface area contributed by atoms with Crippen LogP contribution in [0.15, 0.2) is 23.1 Å². The molecule has 210 valence electrons. The number of amides is 4. The Morgan fingerprint density at radius 2 is 1.82 bits per heavy atom. The van der Waals surface area contributed by atoms with Crippen molar-refractivity contribution in [3.8, 4) is 0 Å². The zero-order valence-electron chi connectivity index (χ0n) is 22.4. The molecule has 1 aromatic carbocycles. The smallest absolute Gasteiger partial charge is 0.255 e. The van der Waals surface area contributed by atoms with Gasteiger partial charge in [0.1, 0.15) is 6.04 Å². The molecule has 2 unspecified atom stereocenters. The van der Waals surface area contributed by atoms with E-state index in [1.807, 2.05) is 18.2 Å². The van der Waals surface area contributed by atoms with Crippen molar-refractivity contribution < 1.29 is 19.2 Å². The summed E-state index contributed by atoms with van der Waals surface area (Å²) >= 11 is 8.35. The second-order valence-electron chi connectivity index (χ2n) is 12.5. The van der Waals surface area contributed by atoms with E-state index in [0.29, 0.717) is 25.1 Å². The first-order chi connectivity index (χ1) is 18.8. The fraction of sp³-hybridized carbons (Fsp3) is 0.667. The average molecular weight is 572 g/mol. The van der Waals surface area contributed by atoms with Gasteiger partial charge in [-0.25, -0.2) is 0 Å². The number of nitrogens with one attached hydrogen (secondary N) is 2. The topological polar surface area (TPSA) is 95.6 Å². The number of fused-ring (bicyclic) bond motifs is 1. The van der Waals surface area contributed by atoms with Crippen LogP contribution in [0.3, 0.4) is 0 Å². The molecule has 6 aliphatic rings. The van der Waals surface area contributed by atoms with Gasteiger partial charge in [0.15, 0.2) is 0 Å². The van der Waals surface area contributed by atoms with Gasteiger partial charge >= 0.3 is 0 Å². The molecule has 7 rings (SSSR count). The van der Waals surface area contributed by atoms with Crippen molar-refractivity contribution in [2.24, 2.45) is 23.2 Å². The molecular weight excluding hydrogens is 534 g/mol. The molecule has 1 aromatic rings. The van der Waals surface area contributed by atoms with Gasteiger partial charge < -0.3 is 10.2 Å². The third-order valence-electron chi connectivity index (χ3n) is 9.72. The molecule has 2 heterocycles. The summed E-state index contributed by atoms with van der Waals surface area (Å²) in [7, 11) is 0. The Morgan fingerprint density at radius 3 is 2.51 bits per heavy atom.